The van der Waals surface area contributed by atoms with Gasteiger partial charge in [0.15, 0.2) is 0 Å². The summed E-state index contributed by atoms with van der Waals surface area (Å²) in [4.78, 5) is 14.5. The lowest BCUT2D eigenvalue weighted by molar-refractivity contribution is 0.115. The van der Waals surface area contributed by atoms with Crippen molar-refractivity contribution in [2.24, 2.45) is 11.3 Å². The molecule has 0 radical (unpaired) electrons. The number of amides is 2. The number of rotatable bonds is 4. The van der Waals surface area contributed by atoms with Crippen molar-refractivity contribution in [2.75, 3.05) is 18.4 Å². The maximum atomic E-state index is 12.6. The lowest BCUT2D eigenvalue weighted by Gasteiger charge is -2.41. The minimum Gasteiger partial charge on any atom is -0.325 e. The van der Waals surface area contributed by atoms with Crippen LogP contribution in [0.5, 0.6) is 0 Å². The van der Waals surface area contributed by atoms with Gasteiger partial charge < -0.3 is 10.2 Å². The van der Waals surface area contributed by atoms with Crippen LogP contribution < -0.4 is 5.32 Å². The van der Waals surface area contributed by atoms with Crippen molar-refractivity contribution in [3.63, 3.8) is 0 Å². The zero-order valence-corrected chi connectivity index (χ0v) is 17.7. The van der Waals surface area contributed by atoms with Crippen LogP contribution in [-0.2, 0) is 6.42 Å². The molecule has 2 heterocycles. The predicted octanol–water partition coefficient (Wildman–Crippen LogP) is 5.73. The van der Waals surface area contributed by atoms with E-state index in [9.17, 15) is 4.79 Å². The number of likely N-dealkylation sites (tertiary alicyclic amines) is 1. The van der Waals surface area contributed by atoms with Crippen molar-refractivity contribution in [3.8, 4) is 0 Å². The Balaban J connectivity index is 1.39. The number of nitrogens with zero attached hydrogens (tertiary/aromatic N) is 2. The summed E-state index contributed by atoms with van der Waals surface area (Å²) in [6, 6.07) is 13.6. The predicted molar refractivity (Wildman–Crippen MR) is 118 cm³/mol. The van der Waals surface area contributed by atoms with Gasteiger partial charge in [0, 0.05) is 29.2 Å². The molecule has 1 aliphatic rings. The third-order valence-electron chi connectivity index (χ3n) is 6.15. The lowest BCUT2D eigenvalue weighted by atomic mass is 9.70. The van der Waals surface area contributed by atoms with E-state index >= 15 is 0 Å². The first-order valence-corrected chi connectivity index (χ1v) is 10.5. The first-order chi connectivity index (χ1) is 13.9. The lowest BCUT2D eigenvalue weighted by Crippen LogP contribution is -2.44. The molecule has 3 aromatic rings. The average molecular weight is 411 g/mol. The van der Waals surface area contributed by atoms with E-state index in [1.807, 2.05) is 53.6 Å². The number of fused-ring (bicyclic) bond motifs is 1. The number of anilines is 1. The molecule has 29 heavy (non-hydrogen) atoms. The summed E-state index contributed by atoms with van der Waals surface area (Å²) < 4.78 is 0. The van der Waals surface area contributed by atoms with Crippen molar-refractivity contribution >= 4 is 34.2 Å². The second kappa shape index (κ2) is 8.07. The normalized spacial score (nSPS) is 15.6. The zero-order valence-electron chi connectivity index (χ0n) is 16.9. The minimum atomic E-state index is -0.0125. The van der Waals surface area contributed by atoms with Crippen molar-refractivity contribution in [1.82, 2.24) is 15.1 Å². The number of urea groups is 1. The molecule has 0 atom stereocenters. The molecule has 1 saturated heterocycles. The van der Waals surface area contributed by atoms with Crippen molar-refractivity contribution < 1.29 is 4.79 Å². The first-order valence-electron chi connectivity index (χ1n) is 10.1. The topological polar surface area (TPSA) is 61.0 Å². The van der Waals surface area contributed by atoms with E-state index < -0.39 is 0 Å². The Hall–Kier alpha value is -2.53. The standard InChI is InChI=1S/C23H27ClN4O/c1-23(2,14-16-12-19(24)13-17-15-25-27-21(16)17)18-8-10-28(11-9-18)22(29)26-20-6-4-3-5-7-20/h3-7,12-13,15,18H,8-11,14H2,1-2H3,(H,25,27)(H,26,29). The van der Waals surface area contributed by atoms with Gasteiger partial charge in [-0.25, -0.2) is 4.79 Å². The molecule has 1 aromatic heterocycles. The minimum absolute atomic E-state index is 0.0125. The Morgan fingerprint density at radius 2 is 1.97 bits per heavy atom. The summed E-state index contributed by atoms with van der Waals surface area (Å²) in [6.45, 7) is 6.20. The molecule has 2 amide bonds. The fourth-order valence-electron chi connectivity index (χ4n) is 4.45. The number of aromatic amines is 1. The van der Waals surface area contributed by atoms with Gasteiger partial charge in [-0.2, -0.15) is 5.10 Å². The number of benzene rings is 2. The fourth-order valence-corrected chi connectivity index (χ4v) is 4.70. The maximum absolute atomic E-state index is 12.6. The molecule has 1 fully saturated rings. The monoisotopic (exact) mass is 410 g/mol. The van der Waals surface area contributed by atoms with Crippen LogP contribution in [0.25, 0.3) is 10.9 Å². The highest BCUT2D eigenvalue weighted by atomic mass is 35.5. The van der Waals surface area contributed by atoms with E-state index in [0.29, 0.717) is 5.92 Å². The van der Waals surface area contributed by atoms with E-state index in [1.165, 1.54) is 5.56 Å². The Morgan fingerprint density at radius 3 is 2.69 bits per heavy atom. The molecular weight excluding hydrogens is 384 g/mol. The summed E-state index contributed by atoms with van der Waals surface area (Å²) in [5.74, 6) is 0.542. The Kier molecular flexibility index (Phi) is 5.50. The third kappa shape index (κ3) is 4.40. The molecule has 2 aromatic carbocycles. The number of nitrogens with one attached hydrogen (secondary N) is 2. The molecule has 0 saturated carbocycles. The zero-order chi connectivity index (χ0) is 20.4. The second-order valence-corrected chi connectivity index (χ2v) is 9.06. The van der Waals surface area contributed by atoms with Crippen molar-refractivity contribution in [2.45, 2.75) is 33.1 Å². The molecule has 2 N–H and O–H groups in total. The number of hydrogen-bond donors (Lipinski definition) is 2. The summed E-state index contributed by atoms with van der Waals surface area (Å²) in [5.41, 5.74) is 3.22. The molecule has 1 aliphatic heterocycles. The molecule has 0 bridgehead atoms. The van der Waals surface area contributed by atoms with Crippen molar-refractivity contribution in [3.05, 3.63) is 59.2 Å². The summed E-state index contributed by atoms with van der Waals surface area (Å²) in [5, 5.41) is 12.1. The molecular formula is C23H27ClN4O. The van der Waals surface area contributed by atoms with Crippen LogP contribution in [0.1, 0.15) is 32.3 Å². The fraction of sp³-hybridized carbons (Fsp3) is 0.391. The van der Waals surface area contributed by atoms with Gasteiger partial charge >= 0.3 is 6.03 Å². The quantitative estimate of drug-likeness (QED) is 0.577. The number of H-pyrrole nitrogens is 1. The highest BCUT2D eigenvalue weighted by molar-refractivity contribution is 6.31. The molecule has 6 heteroatoms. The number of piperidine rings is 1. The Morgan fingerprint density at radius 1 is 1.24 bits per heavy atom. The van der Waals surface area contributed by atoms with Crippen LogP contribution in [0, 0.1) is 11.3 Å². The van der Waals surface area contributed by atoms with Gasteiger partial charge in [0.2, 0.25) is 0 Å². The van der Waals surface area contributed by atoms with E-state index in [4.69, 9.17) is 11.6 Å². The number of aromatic nitrogens is 2. The summed E-state index contributed by atoms with van der Waals surface area (Å²) in [7, 11) is 0. The van der Waals surface area contributed by atoms with E-state index in [2.05, 4.69) is 29.4 Å². The first kappa shape index (κ1) is 19.8. The van der Waals surface area contributed by atoms with Crippen LogP contribution >= 0.6 is 11.6 Å². The maximum Gasteiger partial charge on any atom is 0.321 e. The number of carbonyl (C=O) groups is 1. The van der Waals surface area contributed by atoms with Crippen LogP contribution in [-0.4, -0.2) is 34.2 Å². The number of hydrogen-bond acceptors (Lipinski definition) is 2. The summed E-state index contributed by atoms with van der Waals surface area (Å²) >= 11 is 6.32. The van der Waals surface area contributed by atoms with Gasteiger partial charge in [-0.05, 0) is 60.4 Å². The molecule has 0 spiro atoms. The molecule has 0 aliphatic carbocycles. The van der Waals surface area contributed by atoms with E-state index in [1.54, 1.807) is 0 Å². The average Bonchev–Trinajstić information content (AvgIpc) is 3.17. The van der Waals surface area contributed by atoms with E-state index in [-0.39, 0.29) is 11.4 Å². The summed E-state index contributed by atoms with van der Waals surface area (Å²) in [6.07, 6.45) is 4.75. The van der Waals surface area contributed by atoms with Gasteiger partial charge in [-0.1, -0.05) is 43.6 Å². The van der Waals surface area contributed by atoms with Crippen LogP contribution in [0.2, 0.25) is 5.02 Å². The van der Waals surface area contributed by atoms with Gasteiger partial charge in [0.05, 0.1) is 11.7 Å². The smallest absolute Gasteiger partial charge is 0.321 e. The van der Waals surface area contributed by atoms with Gasteiger partial charge in [-0.3, -0.25) is 5.10 Å². The molecule has 0 unspecified atom stereocenters. The van der Waals surface area contributed by atoms with Gasteiger partial charge in [0.1, 0.15) is 0 Å². The number of para-hydroxylation sites is 1. The van der Waals surface area contributed by atoms with Gasteiger partial charge in [-0.15, -0.1) is 0 Å². The van der Waals surface area contributed by atoms with Crippen molar-refractivity contribution in [1.29, 1.82) is 0 Å². The van der Waals surface area contributed by atoms with Crippen LogP contribution in [0.15, 0.2) is 48.7 Å². The SMILES string of the molecule is CC(C)(Cc1cc(Cl)cc2cn[nH]c12)C1CCN(C(=O)Nc2ccccc2)CC1. The molecule has 5 nitrogen and oxygen atoms in total. The largest absolute Gasteiger partial charge is 0.325 e. The third-order valence-corrected chi connectivity index (χ3v) is 6.37. The van der Waals surface area contributed by atoms with Crippen LogP contribution in [0.4, 0.5) is 10.5 Å². The molecule has 4 rings (SSSR count). The molecule has 152 valence electrons. The highest BCUT2D eigenvalue weighted by Gasteiger charge is 2.34. The van der Waals surface area contributed by atoms with Gasteiger partial charge in [0.25, 0.3) is 0 Å². The van der Waals surface area contributed by atoms with Crippen LogP contribution in [0.3, 0.4) is 0 Å². The number of carbonyl (C=O) groups excluding carboxylic acids is 1. The Labute approximate surface area is 176 Å². The Bertz CT molecular complexity index is 991. The second-order valence-electron chi connectivity index (χ2n) is 8.62. The van der Waals surface area contributed by atoms with E-state index in [0.717, 1.165) is 54.0 Å². The highest BCUT2D eigenvalue weighted by Crippen LogP contribution is 2.39. The number of halogens is 1.